The molecule has 0 radical (unpaired) electrons. The summed E-state index contributed by atoms with van der Waals surface area (Å²) in [5, 5.41) is 4.57. The zero-order chi connectivity index (χ0) is 14.2. The number of rotatable bonds is 4. The molecule has 1 aliphatic carbocycles. The van der Waals surface area contributed by atoms with Crippen LogP contribution in [0.4, 0.5) is 0 Å². The molecule has 5 nitrogen and oxygen atoms in total. The first-order valence-electron chi connectivity index (χ1n) is 8.18. The molecule has 21 heavy (non-hydrogen) atoms. The van der Waals surface area contributed by atoms with Gasteiger partial charge in [-0.25, -0.2) is 4.68 Å². The van der Waals surface area contributed by atoms with E-state index >= 15 is 0 Å². The van der Waals surface area contributed by atoms with Crippen molar-refractivity contribution in [3.05, 3.63) is 27.7 Å². The Balaban J connectivity index is 1.32. The van der Waals surface area contributed by atoms with Gasteiger partial charge in [0.05, 0.1) is 18.8 Å². The summed E-state index contributed by atoms with van der Waals surface area (Å²) in [5.41, 5.74) is 2.40. The Kier molecular flexibility index (Phi) is 3.55. The molecule has 0 saturated carbocycles. The highest BCUT2D eigenvalue weighted by molar-refractivity contribution is 5.22. The number of ether oxygens (including phenoxy) is 1. The van der Waals surface area contributed by atoms with Gasteiger partial charge in [-0.2, -0.15) is 5.10 Å². The van der Waals surface area contributed by atoms with Crippen LogP contribution in [0.1, 0.15) is 24.1 Å². The molecular formula is C16H23N3O2. The lowest BCUT2D eigenvalue weighted by molar-refractivity contribution is 0.0636. The maximum absolute atomic E-state index is 12.1. The highest BCUT2D eigenvalue weighted by Crippen LogP contribution is 2.22. The van der Waals surface area contributed by atoms with Gasteiger partial charge < -0.3 is 9.64 Å². The number of hydrogen-bond acceptors (Lipinski definition) is 4. The monoisotopic (exact) mass is 289 g/mol. The number of aromatic nitrogens is 2. The first kappa shape index (κ1) is 13.5. The van der Waals surface area contributed by atoms with Gasteiger partial charge in [-0.15, -0.1) is 0 Å². The zero-order valence-electron chi connectivity index (χ0n) is 12.5. The molecule has 0 aromatic carbocycles. The molecule has 1 aromatic heterocycles. The van der Waals surface area contributed by atoms with Crippen LogP contribution in [0.3, 0.4) is 0 Å². The molecule has 2 fully saturated rings. The van der Waals surface area contributed by atoms with Crippen LogP contribution < -0.4 is 5.56 Å². The topological polar surface area (TPSA) is 47.4 Å². The molecule has 1 atom stereocenters. The van der Waals surface area contributed by atoms with Crippen LogP contribution in [0.15, 0.2) is 10.9 Å². The first-order chi connectivity index (χ1) is 10.3. The SMILES string of the molecule is O=c1cc2c(nn1CC1CN(CC3CCOC3)C1)CCC2. The Hall–Kier alpha value is -1.20. The van der Waals surface area contributed by atoms with Crippen molar-refractivity contribution in [1.29, 1.82) is 0 Å². The number of likely N-dealkylation sites (tertiary alicyclic amines) is 1. The maximum atomic E-state index is 12.1. The van der Waals surface area contributed by atoms with Crippen LogP contribution >= 0.6 is 0 Å². The summed E-state index contributed by atoms with van der Waals surface area (Å²) in [6.07, 6.45) is 4.41. The molecule has 114 valence electrons. The molecule has 1 unspecified atom stereocenters. The molecule has 2 saturated heterocycles. The Labute approximate surface area is 124 Å². The van der Waals surface area contributed by atoms with Gasteiger partial charge in [-0.3, -0.25) is 4.79 Å². The van der Waals surface area contributed by atoms with Crippen molar-refractivity contribution in [3.8, 4) is 0 Å². The van der Waals surface area contributed by atoms with Crippen LogP contribution in [0.5, 0.6) is 0 Å². The fourth-order valence-electron chi connectivity index (χ4n) is 3.85. The van der Waals surface area contributed by atoms with E-state index in [1.54, 1.807) is 4.68 Å². The van der Waals surface area contributed by atoms with Crippen LogP contribution in [0, 0.1) is 11.8 Å². The van der Waals surface area contributed by atoms with E-state index in [4.69, 9.17) is 4.74 Å². The molecule has 2 aliphatic heterocycles. The third-order valence-electron chi connectivity index (χ3n) is 5.03. The van der Waals surface area contributed by atoms with E-state index in [2.05, 4.69) is 10.00 Å². The largest absolute Gasteiger partial charge is 0.381 e. The Morgan fingerprint density at radius 3 is 2.95 bits per heavy atom. The van der Waals surface area contributed by atoms with Gasteiger partial charge in [-0.1, -0.05) is 0 Å². The van der Waals surface area contributed by atoms with E-state index in [1.165, 1.54) is 12.0 Å². The molecule has 0 amide bonds. The molecule has 0 spiro atoms. The van der Waals surface area contributed by atoms with Gasteiger partial charge in [0.15, 0.2) is 0 Å². The number of aryl methyl sites for hydroxylation is 2. The van der Waals surface area contributed by atoms with Gasteiger partial charge in [0.2, 0.25) is 0 Å². The Bertz CT molecular complexity index is 571. The average molecular weight is 289 g/mol. The van der Waals surface area contributed by atoms with Crippen molar-refractivity contribution in [3.63, 3.8) is 0 Å². The lowest BCUT2D eigenvalue weighted by Crippen LogP contribution is -2.51. The van der Waals surface area contributed by atoms with Crippen molar-refractivity contribution in [2.45, 2.75) is 32.2 Å². The lowest BCUT2D eigenvalue weighted by atomic mass is 9.97. The lowest BCUT2D eigenvalue weighted by Gasteiger charge is -2.40. The van der Waals surface area contributed by atoms with Crippen LogP contribution in [0.25, 0.3) is 0 Å². The van der Waals surface area contributed by atoms with Crippen molar-refractivity contribution in [1.82, 2.24) is 14.7 Å². The molecule has 1 aromatic rings. The van der Waals surface area contributed by atoms with Crippen molar-refractivity contribution in [2.24, 2.45) is 11.8 Å². The van der Waals surface area contributed by atoms with Crippen molar-refractivity contribution in [2.75, 3.05) is 32.8 Å². The molecule has 5 heteroatoms. The molecule has 3 aliphatic rings. The predicted molar refractivity (Wildman–Crippen MR) is 79.4 cm³/mol. The van der Waals surface area contributed by atoms with Gasteiger partial charge in [-0.05, 0) is 37.2 Å². The van der Waals surface area contributed by atoms with Crippen molar-refractivity contribution < 1.29 is 4.74 Å². The Morgan fingerprint density at radius 1 is 1.24 bits per heavy atom. The molecular weight excluding hydrogens is 266 g/mol. The second-order valence-corrected chi connectivity index (χ2v) is 6.80. The van der Waals surface area contributed by atoms with E-state index in [0.29, 0.717) is 11.8 Å². The second kappa shape index (κ2) is 5.54. The summed E-state index contributed by atoms with van der Waals surface area (Å²) in [4.78, 5) is 14.6. The summed E-state index contributed by atoms with van der Waals surface area (Å²) >= 11 is 0. The van der Waals surface area contributed by atoms with Crippen LogP contribution in [-0.2, 0) is 24.1 Å². The number of fused-ring (bicyclic) bond motifs is 1. The van der Waals surface area contributed by atoms with E-state index in [1.807, 2.05) is 6.07 Å². The second-order valence-electron chi connectivity index (χ2n) is 6.80. The van der Waals surface area contributed by atoms with E-state index in [9.17, 15) is 4.79 Å². The van der Waals surface area contributed by atoms with E-state index < -0.39 is 0 Å². The van der Waals surface area contributed by atoms with Crippen molar-refractivity contribution >= 4 is 0 Å². The fourth-order valence-corrected chi connectivity index (χ4v) is 3.85. The molecule has 0 N–H and O–H groups in total. The minimum Gasteiger partial charge on any atom is -0.381 e. The summed E-state index contributed by atoms with van der Waals surface area (Å²) in [6, 6.07) is 1.81. The summed E-state index contributed by atoms with van der Waals surface area (Å²) in [7, 11) is 0. The quantitative estimate of drug-likeness (QED) is 0.819. The van der Waals surface area contributed by atoms with E-state index in [-0.39, 0.29) is 5.56 Å². The smallest absolute Gasteiger partial charge is 0.267 e. The molecule has 4 rings (SSSR count). The average Bonchev–Trinajstić information content (AvgIpc) is 3.07. The van der Waals surface area contributed by atoms with Gasteiger partial charge in [0.25, 0.3) is 5.56 Å². The number of hydrogen-bond donors (Lipinski definition) is 0. The Morgan fingerprint density at radius 2 is 2.14 bits per heavy atom. The fraction of sp³-hybridized carbons (Fsp3) is 0.750. The minimum absolute atomic E-state index is 0.0818. The predicted octanol–water partition coefficient (Wildman–Crippen LogP) is 0.700. The summed E-state index contributed by atoms with van der Waals surface area (Å²) in [5.74, 6) is 1.30. The van der Waals surface area contributed by atoms with Crippen LogP contribution in [-0.4, -0.2) is 47.5 Å². The zero-order valence-corrected chi connectivity index (χ0v) is 12.5. The van der Waals surface area contributed by atoms with Gasteiger partial charge in [0.1, 0.15) is 0 Å². The maximum Gasteiger partial charge on any atom is 0.267 e. The molecule has 3 heterocycles. The third kappa shape index (κ3) is 2.77. The summed E-state index contributed by atoms with van der Waals surface area (Å²) < 4.78 is 7.12. The standard InChI is InChI=1S/C16H23N3O2/c20-16-6-14-2-1-3-15(14)17-19(16)10-13-8-18(9-13)7-12-4-5-21-11-12/h6,12-13H,1-5,7-11H2. The minimum atomic E-state index is 0.0818. The van der Waals surface area contributed by atoms with Crippen LogP contribution in [0.2, 0.25) is 0 Å². The highest BCUT2D eigenvalue weighted by Gasteiger charge is 2.30. The number of nitrogens with zero attached hydrogens (tertiary/aromatic N) is 3. The summed E-state index contributed by atoms with van der Waals surface area (Å²) in [6.45, 7) is 5.99. The molecule has 0 bridgehead atoms. The van der Waals surface area contributed by atoms with E-state index in [0.717, 1.165) is 64.3 Å². The highest BCUT2D eigenvalue weighted by atomic mass is 16.5. The normalized spacial score (nSPS) is 26.0. The van der Waals surface area contributed by atoms with Gasteiger partial charge in [0, 0.05) is 38.2 Å². The van der Waals surface area contributed by atoms with Gasteiger partial charge >= 0.3 is 0 Å². The third-order valence-corrected chi connectivity index (χ3v) is 5.03. The first-order valence-corrected chi connectivity index (χ1v) is 8.18.